The highest BCUT2D eigenvalue weighted by Crippen LogP contribution is 2.22. The lowest BCUT2D eigenvalue weighted by Gasteiger charge is -2.30. The molecule has 0 bridgehead atoms. The van der Waals surface area contributed by atoms with Crippen LogP contribution < -0.4 is 5.32 Å². The normalized spacial score (nSPS) is 15.2. The van der Waals surface area contributed by atoms with Gasteiger partial charge in [-0.2, -0.15) is 4.98 Å². The van der Waals surface area contributed by atoms with E-state index in [0.717, 1.165) is 43.5 Å². The van der Waals surface area contributed by atoms with Gasteiger partial charge in [0.25, 0.3) is 0 Å². The number of hydrogen-bond acceptors (Lipinski definition) is 5. The summed E-state index contributed by atoms with van der Waals surface area (Å²) >= 11 is 0. The number of likely N-dealkylation sites (tertiary alicyclic amines) is 1. The van der Waals surface area contributed by atoms with Crippen LogP contribution in [0, 0.1) is 12.8 Å². The Balaban J connectivity index is 1.22. The molecule has 30 heavy (non-hydrogen) atoms. The van der Waals surface area contributed by atoms with Crippen molar-refractivity contribution in [1.82, 2.24) is 20.4 Å². The van der Waals surface area contributed by atoms with Crippen molar-refractivity contribution in [2.45, 2.75) is 32.7 Å². The lowest BCUT2D eigenvalue weighted by atomic mass is 9.96. The first-order chi connectivity index (χ1) is 14.7. The smallest absolute Gasteiger partial charge is 0.241 e. The van der Waals surface area contributed by atoms with E-state index in [4.69, 9.17) is 4.52 Å². The van der Waals surface area contributed by atoms with Crippen molar-refractivity contribution in [1.29, 1.82) is 0 Å². The molecule has 2 heterocycles. The minimum absolute atomic E-state index is 0.0854. The number of carbonyl (C=O) groups excluding carboxylic acids is 1. The Labute approximate surface area is 177 Å². The lowest BCUT2D eigenvalue weighted by molar-refractivity contribution is -0.126. The third-order valence-electron chi connectivity index (χ3n) is 5.73. The van der Waals surface area contributed by atoms with Gasteiger partial charge in [0.15, 0.2) is 0 Å². The molecule has 0 spiro atoms. The zero-order chi connectivity index (χ0) is 20.8. The second kappa shape index (κ2) is 9.67. The fourth-order valence-electron chi connectivity index (χ4n) is 3.92. The molecule has 1 fully saturated rings. The summed E-state index contributed by atoms with van der Waals surface area (Å²) in [7, 11) is 0. The summed E-state index contributed by atoms with van der Waals surface area (Å²) < 4.78 is 5.46. The van der Waals surface area contributed by atoms with Crippen LogP contribution in [0.5, 0.6) is 0 Å². The summed E-state index contributed by atoms with van der Waals surface area (Å²) in [6, 6.07) is 18.3. The maximum atomic E-state index is 12.5. The molecule has 0 radical (unpaired) electrons. The lowest BCUT2D eigenvalue weighted by Crippen LogP contribution is -2.40. The van der Waals surface area contributed by atoms with Gasteiger partial charge in [-0.15, -0.1) is 0 Å². The molecule has 156 valence electrons. The predicted molar refractivity (Wildman–Crippen MR) is 116 cm³/mol. The second-order valence-electron chi connectivity index (χ2n) is 7.90. The molecule has 1 aromatic heterocycles. The maximum Gasteiger partial charge on any atom is 0.241 e. The number of nitrogens with one attached hydrogen (secondary N) is 1. The fourth-order valence-corrected chi connectivity index (χ4v) is 3.92. The molecule has 1 saturated heterocycles. The number of carbonyl (C=O) groups is 1. The minimum atomic E-state index is 0.0854. The van der Waals surface area contributed by atoms with Crippen molar-refractivity contribution in [2.24, 2.45) is 5.92 Å². The van der Waals surface area contributed by atoms with Crippen LogP contribution in [0.4, 0.5) is 0 Å². The van der Waals surface area contributed by atoms with E-state index in [1.807, 2.05) is 49.4 Å². The van der Waals surface area contributed by atoms with Crippen LogP contribution in [0.15, 0.2) is 59.1 Å². The molecule has 1 N–H and O–H groups in total. The summed E-state index contributed by atoms with van der Waals surface area (Å²) in [4.78, 5) is 19.3. The average Bonchev–Trinajstić information content (AvgIpc) is 3.23. The van der Waals surface area contributed by atoms with Gasteiger partial charge < -0.3 is 9.84 Å². The number of aryl methyl sites for hydroxylation is 1. The highest BCUT2D eigenvalue weighted by atomic mass is 16.5. The average molecular weight is 405 g/mol. The number of hydrogen-bond donors (Lipinski definition) is 1. The van der Waals surface area contributed by atoms with E-state index in [9.17, 15) is 4.79 Å². The quantitative estimate of drug-likeness (QED) is 0.651. The zero-order valence-corrected chi connectivity index (χ0v) is 17.4. The Morgan fingerprint density at radius 1 is 1.10 bits per heavy atom. The van der Waals surface area contributed by atoms with Crippen LogP contribution in [-0.4, -0.2) is 40.6 Å². The first-order valence-electron chi connectivity index (χ1n) is 10.6. The molecule has 0 saturated carbocycles. The van der Waals surface area contributed by atoms with Crippen LogP contribution in [-0.2, 0) is 17.8 Å². The van der Waals surface area contributed by atoms with Crippen molar-refractivity contribution in [2.75, 3.05) is 19.6 Å². The van der Waals surface area contributed by atoms with Crippen molar-refractivity contribution in [3.05, 3.63) is 71.6 Å². The van der Waals surface area contributed by atoms with Crippen molar-refractivity contribution < 1.29 is 9.32 Å². The largest absolute Gasteiger partial charge is 0.356 e. The van der Waals surface area contributed by atoms with Gasteiger partial charge in [0.05, 0.1) is 6.54 Å². The summed E-state index contributed by atoms with van der Waals surface area (Å²) in [5.74, 6) is 1.52. The SMILES string of the molecule is Cc1ccccc1-c1noc(CN2CCC(C(=O)NCCc3ccccc3)CC2)n1. The van der Waals surface area contributed by atoms with Gasteiger partial charge in [0, 0.05) is 18.0 Å². The van der Waals surface area contributed by atoms with E-state index < -0.39 is 0 Å². The number of benzene rings is 2. The van der Waals surface area contributed by atoms with Gasteiger partial charge in [-0.05, 0) is 50.4 Å². The number of aromatic nitrogens is 2. The van der Waals surface area contributed by atoms with Crippen LogP contribution >= 0.6 is 0 Å². The van der Waals surface area contributed by atoms with Crippen LogP contribution in [0.1, 0.15) is 29.9 Å². The molecule has 0 unspecified atom stereocenters. The number of rotatable bonds is 7. The molecule has 1 amide bonds. The van der Waals surface area contributed by atoms with E-state index in [1.54, 1.807) is 0 Å². The van der Waals surface area contributed by atoms with Crippen LogP contribution in [0.2, 0.25) is 0 Å². The minimum Gasteiger partial charge on any atom is -0.356 e. The standard InChI is InChI=1S/C24H28N4O2/c1-18-7-5-6-10-21(18)23-26-22(30-27-23)17-28-15-12-20(13-16-28)24(29)25-14-11-19-8-3-2-4-9-19/h2-10,20H,11-17H2,1H3,(H,25,29). The van der Waals surface area contributed by atoms with Gasteiger partial charge in [-0.25, -0.2) is 0 Å². The Hall–Kier alpha value is -2.99. The van der Waals surface area contributed by atoms with E-state index in [0.29, 0.717) is 24.8 Å². The summed E-state index contributed by atoms with van der Waals surface area (Å²) in [6.45, 7) is 5.08. The maximum absolute atomic E-state index is 12.5. The molecule has 2 aromatic carbocycles. The summed E-state index contributed by atoms with van der Waals surface area (Å²) in [5.41, 5.74) is 3.37. The number of amides is 1. The van der Waals surface area contributed by atoms with Crippen molar-refractivity contribution in [3.63, 3.8) is 0 Å². The van der Waals surface area contributed by atoms with Gasteiger partial charge >= 0.3 is 0 Å². The topological polar surface area (TPSA) is 71.3 Å². The van der Waals surface area contributed by atoms with Crippen molar-refractivity contribution in [3.8, 4) is 11.4 Å². The first-order valence-corrected chi connectivity index (χ1v) is 10.6. The molecule has 0 atom stereocenters. The van der Waals surface area contributed by atoms with Gasteiger partial charge in [-0.1, -0.05) is 59.8 Å². The van der Waals surface area contributed by atoms with E-state index >= 15 is 0 Å². The fraction of sp³-hybridized carbons (Fsp3) is 0.375. The van der Waals surface area contributed by atoms with Crippen molar-refractivity contribution >= 4 is 5.91 Å². The predicted octanol–water partition coefficient (Wildman–Crippen LogP) is 3.62. The Kier molecular flexibility index (Phi) is 6.54. The Morgan fingerprint density at radius 2 is 1.83 bits per heavy atom. The van der Waals surface area contributed by atoms with Crippen LogP contribution in [0.25, 0.3) is 11.4 Å². The summed E-state index contributed by atoms with van der Waals surface area (Å²) in [6.07, 6.45) is 2.58. The third kappa shape index (κ3) is 5.13. The highest BCUT2D eigenvalue weighted by molar-refractivity contribution is 5.78. The van der Waals surface area contributed by atoms with Gasteiger partial charge in [0.2, 0.25) is 17.6 Å². The molecule has 4 rings (SSSR count). The molecule has 1 aliphatic heterocycles. The van der Waals surface area contributed by atoms with Crippen LogP contribution in [0.3, 0.4) is 0 Å². The molecule has 6 heteroatoms. The zero-order valence-electron chi connectivity index (χ0n) is 17.4. The Morgan fingerprint density at radius 3 is 2.60 bits per heavy atom. The highest BCUT2D eigenvalue weighted by Gasteiger charge is 2.25. The number of piperidine rings is 1. The number of nitrogens with zero attached hydrogens (tertiary/aromatic N) is 3. The second-order valence-corrected chi connectivity index (χ2v) is 7.90. The Bertz CT molecular complexity index is 962. The first kappa shape index (κ1) is 20.3. The van der Waals surface area contributed by atoms with Gasteiger partial charge in [-0.3, -0.25) is 9.69 Å². The van der Waals surface area contributed by atoms with E-state index in [1.165, 1.54) is 5.56 Å². The molecule has 0 aliphatic carbocycles. The molecular formula is C24H28N4O2. The van der Waals surface area contributed by atoms with E-state index in [2.05, 4.69) is 32.5 Å². The van der Waals surface area contributed by atoms with E-state index in [-0.39, 0.29) is 11.8 Å². The molecule has 1 aliphatic rings. The summed E-state index contributed by atoms with van der Waals surface area (Å²) in [5, 5.41) is 7.23. The molecule has 6 nitrogen and oxygen atoms in total. The third-order valence-corrected chi connectivity index (χ3v) is 5.73. The molecular weight excluding hydrogens is 376 g/mol. The molecule has 3 aromatic rings. The van der Waals surface area contributed by atoms with Gasteiger partial charge in [0.1, 0.15) is 0 Å². The monoisotopic (exact) mass is 404 g/mol.